The lowest BCUT2D eigenvalue weighted by Gasteiger charge is -2.44. The van der Waals surface area contributed by atoms with E-state index >= 15 is 0 Å². The van der Waals surface area contributed by atoms with E-state index in [0.29, 0.717) is 5.41 Å². The number of nitrogens with zero attached hydrogens (tertiary/aromatic N) is 4. The van der Waals surface area contributed by atoms with Gasteiger partial charge in [-0.25, -0.2) is 0 Å². The molecule has 0 unspecified atom stereocenters. The van der Waals surface area contributed by atoms with Crippen LogP contribution in [0.4, 0.5) is 0 Å². The fraction of sp³-hybridized carbons (Fsp3) is 0.905. The molecule has 2 saturated heterocycles. The average Bonchev–Trinajstić information content (AvgIpc) is 2.91. The van der Waals surface area contributed by atoms with Crippen molar-refractivity contribution in [2.45, 2.75) is 58.3 Å². The molecule has 0 atom stereocenters. The maximum Gasteiger partial charge on any atom is 0.219 e. The molecule has 28 heavy (non-hydrogen) atoms. The molecule has 1 N–H and O–H groups in total. The molecule has 3 aliphatic rings. The number of carbonyl (C=O) groups is 1. The number of aliphatic imine (C=N–C) groups is 1. The summed E-state index contributed by atoms with van der Waals surface area (Å²) in [6, 6.07) is 0. The summed E-state index contributed by atoms with van der Waals surface area (Å²) in [6.07, 6.45) is 11.2. The summed E-state index contributed by atoms with van der Waals surface area (Å²) in [5, 5.41) is 3.61. The van der Waals surface area contributed by atoms with Crippen LogP contribution in [0.25, 0.3) is 0 Å². The fourth-order valence-electron chi connectivity index (χ4n) is 5.22. The zero-order valence-electron chi connectivity index (χ0n) is 17.9. The minimum Gasteiger partial charge on any atom is -0.355 e. The van der Waals surface area contributed by atoms with Gasteiger partial charge in [0, 0.05) is 66.3 Å². The van der Waals surface area contributed by atoms with E-state index in [-0.39, 0.29) is 29.9 Å². The van der Waals surface area contributed by atoms with Gasteiger partial charge in [-0.2, -0.15) is 0 Å². The second-order valence-corrected chi connectivity index (χ2v) is 8.76. The van der Waals surface area contributed by atoms with Gasteiger partial charge in [-0.05, 0) is 31.1 Å². The number of nitrogens with one attached hydrogen (secondary N) is 1. The largest absolute Gasteiger partial charge is 0.355 e. The monoisotopic (exact) mass is 505 g/mol. The Kier molecular flexibility index (Phi) is 9.80. The van der Waals surface area contributed by atoms with Crippen molar-refractivity contribution in [3.63, 3.8) is 0 Å². The van der Waals surface area contributed by atoms with Crippen molar-refractivity contribution in [3.8, 4) is 0 Å². The van der Waals surface area contributed by atoms with E-state index in [0.717, 1.165) is 51.8 Å². The Labute approximate surface area is 188 Å². The summed E-state index contributed by atoms with van der Waals surface area (Å²) < 4.78 is 0. The van der Waals surface area contributed by atoms with Gasteiger partial charge in [0.25, 0.3) is 0 Å². The topological polar surface area (TPSA) is 51.2 Å². The van der Waals surface area contributed by atoms with E-state index < -0.39 is 0 Å². The normalized spacial score (nSPS) is 23.9. The van der Waals surface area contributed by atoms with Crippen LogP contribution in [0.3, 0.4) is 0 Å². The predicted octanol–water partition coefficient (Wildman–Crippen LogP) is 2.78. The van der Waals surface area contributed by atoms with Gasteiger partial charge in [0.15, 0.2) is 5.96 Å². The fourth-order valence-corrected chi connectivity index (χ4v) is 5.22. The second-order valence-electron chi connectivity index (χ2n) is 8.76. The Morgan fingerprint density at radius 3 is 2.18 bits per heavy atom. The van der Waals surface area contributed by atoms with Gasteiger partial charge in [0.1, 0.15) is 0 Å². The van der Waals surface area contributed by atoms with Crippen LogP contribution in [0.1, 0.15) is 58.3 Å². The molecule has 3 rings (SSSR count). The number of rotatable bonds is 3. The second kappa shape index (κ2) is 11.6. The summed E-state index contributed by atoms with van der Waals surface area (Å²) >= 11 is 0. The van der Waals surface area contributed by atoms with E-state index in [2.05, 4.69) is 20.1 Å². The number of piperidine rings is 1. The highest BCUT2D eigenvalue weighted by molar-refractivity contribution is 14.0. The Morgan fingerprint density at radius 2 is 1.57 bits per heavy atom. The van der Waals surface area contributed by atoms with Gasteiger partial charge >= 0.3 is 0 Å². The minimum absolute atomic E-state index is 0. The molecule has 2 heterocycles. The molecule has 1 amide bonds. The molecule has 6 nitrogen and oxygen atoms in total. The highest BCUT2D eigenvalue weighted by Gasteiger charge is 2.36. The molecule has 0 aromatic heterocycles. The van der Waals surface area contributed by atoms with Crippen molar-refractivity contribution in [2.75, 3.05) is 59.4 Å². The van der Waals surface area contributed by atoms with E-state index in [1.165, 1.54) is 57.9 Å². The highest BCUT2D eigenvalue weighted by atomic mass is 127. The molecule has 0 bridgehead atoms. The SMILES string of the molecule is CN=C(NCCN1CCN(C(C)=O)CC1)N1CCCC2(CCCCCC2)C1.I. The molecule has 1 saturated carbocycles. The summed E-state index contributed by atoms with van der Waals surface area (Å²) in [4.78, 5) is 22.9. The lowest BCUT2D eigenvalue weighted by atomic mass is 9.74. The number of piperazine rings is 1. The van der Waals surface area contributed by atoms with E-state index in [1.54, 1.807) is 6.92 Å². The number of carbonyl (C=O) groups excluding carboxylic acids is 1. The first-order valence-corrected chi connectivity index (χ1v) is 11.1. The molecule has 0 aromatic rings. The van der Waals surface area contributed by atoms with Crippen LogP contribution >= 0.6 is 24.0 Å². The molecule has 0 aromatic carbocycles. The van der Waals surface area contributed by atoms with E-state index in [1.807, 2.05) is 11.9 Å². The van der Waals surface area contributed by atoms with Crippen LogP contribution < -0.4 is 5.32 Å². The molecular formula is C21H40IN5O. The molecule has 0 radical (unpaired) electrons. The van der Waals surface area contributed by atoms with Gasteiger partial charge in [-0.1, -0.05) is 25.7 Å². The van der Waals surface area contributed by atoms with Crippen molar-refractivity contribution in [2.24, 2.45) is 10.4 Å². The first kappa shape index (κ1) is 23.7. The number of likely N-dealkylation sites (tertiary alicyclic amines) is 1. The zero-order chi connectivity index (χ0) is 19.1. The molecule has 1 spiro atoms. The van der Waals surface area contributed by atoms with Crippen LogP contribution in [0.2, 0.25) is 0 Å². The molecule has 1 aliphatic carbocycles. The third-order valence-corrected chi connectivity index (χ3v) is 6.87. The lowest BCUT2D eigenvalue weighted by molar-refractivity contribution is -0.130. The average molecular weight is 505 g/mol. The Balaban J connectivity index is 0.00000280. The van der Waals surface area contributed by atoms with E-state index in [4.69, 9.17) is 0 Å². The predicted molar refractivity (Wildman–Crippen MR) is 126 cm³/mol. The standard InChI is InChI=1S/C21H39N5O.HI/c1-19(27)25-16-14-24(15-17-25)13-11-23-20(22-2)26-12-7-10-21(18-26)8-5-3-4-6-9-21;/h3-18H2,1-2H3,(H,22,23);1H. The number of guanidine groups is 1. The van der Waals surface area contributed by atoms with Crippen LogP contribution in [-0.2, 0) is 4.79 Å². The quantitative estimate of drug-likeness (QED) is 0.364. The van der Waals surface area contributed by atoms with Crippen molar-refractivity contribution in [1.29, 1.82) is 0 Å². The third-order valence-electron chi connectivity index (χ3n) is 6.87. The first-order valence-electron chi connectivity index (χ1n) is 11.1. The number of amides is 1. The first-order chi connectivity index (χ1) is 13.1. The number of halogens is 1. The Morgan fingerprint density at radius 1 is 0.929 bits per heavy atom. The smallest absolute Gasteiger partial charge is 0.219 e. The van der Waals surface area contributed by atoms with Crippen LogP contribution in [0.15, 0.2) is 4.99 Å². The molecular weight excluding hydrogens is 465 g/mol. The summed E-state index contributed by atoms with van der Waals surface area (Å²) in [5.41, 5.74) is 0.537. The van der Waals surface area contributed by atoms with Crippen LogP contribution in [0.5, 0.6) is 0 Å². The Bertz CT molecular complexity index is 511. The minimum atomic E-state index is 0. The van der Waals surface area contributed by atoms with Gasteiger partial charge in [-0.3, -0.25) is 14.7 Å². The zero-order valence-corrected chi connectivity index (χ0v) is 20.2. The van der Waals surface area contributed by atoms with Gasteiger partial charge in [-0.15, -0.1) is 24.0 Å². The maximum absolute atomic E-state index is 11.4. The molecule has 7 heteroatoms. The van der Waals surface area contributed by atoms with Crippen LogP contribution in [-0.4, -0.2) is 86.0 Å². The number of hydrogen-bond donors (Lipinski definition) is 1. The Hall–Kier alpha value is -0.570. The van der Waals surface area contributed by atoms with Crippen molar-refractivity contribution >= 4 is 35.8 Å². The van der Waals surface area contributed by atoms with Gasteiger partial charge < -0.3 is 15.1 Å². The molecule has 3 fully saturated rings. The van der Waals surface area contributed by atoms with Gasteiger partial charge in [0.05, 0.1) is 0 Å². The van der Waals surface area contributed by atoms with Crippen molar-refractivity contribution < 1.29 is 4.79 Å². The van der Waals surface area contributed by atoms with E-state index in [9.17, 15) is 4.79 Å². The molecule has 2 aliphatic heterocycles. The highest BCUT2D eigenvalue weighted by Crippen LogP contribution is 2.42. The summed E-state index contributed by atoms with van der Waals surface area (Å²) in [7, 11) is 1.92. The summed E-state index contributed by atoms with van der Waals surface area (Å²) in [5.74, 6) is 1.28. The lowest BCUT2D eigenvalue weighted by Crippen LogP contribution is -2.53. The van der Waals surface area contributed by atoms with Crippen molar-refractivity contribution in [1.82, 2.24) is 20.0 Å². The van der Waals surface area contributed by atoms with Gasteiger partial charge in [0.2, 0.25) is 5.91 Å². The maximum atomic E-state index is 11.4. The van der Waals surface area contributed by atoms with Crippen molar-refractivity contribution in [3.05, 3.63) is 0 Å². The summed E-state index contributed by atoms with van der Waals surface area (Å²) in [6.45, 7) is 9.61. The van der Waals surface area contributed by atoms with Crippen LogP contribution in [0, 0.1) is 5.41 Å². The number of hydrogen-bond acceptors (Lipinski definition) is 3. The third kappa shape index (κ3) is 6.47. The molecule has 162 valence electrons.